The Kier molecular flexibility index (Phi) is 7.01. The molecule has 2 fully saturated rings. The Hall–Kier alpha value is -1.86. The normalized spacial score (nSPS) is 17.5. The minimum Gasteiger partial charge on any atom is -0.368 e. The van der Waals surface area contributed by atoms with E-state index in [0.29, 0.717) is 26.1 Å². The maximum Gasteiger partial charge on any atom is 0.225 e. The number of hydrogen-bond donors (Lipinski definition) is 2. The molecule has 0 saturated carbocycles. The Bertz CT molecular complexity index is 587. The first kappa shape index (κ1) is 19.5. The van der Waals surface area contributed by atoms with Crippen LogP contribution in [0.15, 0.2) is 24.3 Å². The monoisotopic (exact) mass is 370 g/mol. The molecule has 3 rings (SSSR count). The van der Waals surface area contributed by atoms with Crippen LogP contribution >= 0.6 is 12.4 Å². The van der Waals surface area contributed by atoms with Gasteiger partial charge in [0.15, 0.2) is 0 Å². The van der Waals surface area contributed by atoms with Crippen molar-refractivity contribution in [2.24, 2.45) is 5.92 Å². The Morgan fingerprint density at radius 1 is 1.12 bits per heavy atom. The zero-order valence-corrected chi connectivity index (χ0v) is 14.9. The number of nitrogens with one attached hydrogen (secondary N) is 2. The van der Waals surface area contributed by atoms with Crippen molar-refractivity contribution < 1.29 is 14.0 Å². The number of amides is 2. The van der Waals surface area contributed by atoms with Gasteiger partial charge in [-0.3, -0.25) is 9.59 Å². The number of carbonyl (C=O) groups is 2. The molecule has 0 radical (unpaired) electrons. The zero-order chi connectivity index (χ0) is 16.9. The Morgan fingerprint density at radius 3 is 2.32 bits per heavy atom. The number of piperazine rings is 1. The summed E-state index contributed by atoms with van der Waals surface area (Å²) in [6, 6.07) is 6.43. The molecule has 2 amide bonds. The molecule has 0 aliphatic carbocycles. The van der Waals surface area contributed by atoms with Crippen molar-refractivity contribution in [1.82, 2.24) is 15.5 Å². The highest BCUT2D eigenvalue weighted by atomic mass is 35.5. The molecule has 0 aromatic heterocycles. The van der Waals surface area contributed by atoms with Crippen LogP contribution in [0.2, 0.25) is 0 Å². The smallest absolute Gasteiger partial charge is 0.225 e. The van der Waals surface area contributed by atoms with E-state index in [1.54, 1.807) is 12.1 Å². The van der Waals surface area contributed by atoms with Crippen molar-refractivity contribution in [2.45, 2.75) is 6.42 Å². The fraction of sp³-hybridized carbons (Fsp3) is 0.529. The van der Waals surface area contributed by atoms with E-state index in [1.807, 2.05) is 4.90 Å². The van der Waals surface area contributed by atoms with Gasteiger partial charge in [-0.2, -0.15) is 0 Å². The maximum absolute atomic E-state index is 13.0. The molecule has 2 heterocycles. The summed E-state index contributed by atoms with van der Waals surface area (Å²) in [7, 11) is 0. The molecule has 0 spiro atoms. The number of hydrogen-bond acceptors (Lipinski definition) is 4. The van der Waals surface area contributed by atoms with Crippen LogP contribution in [0.5, 0.6) is 0 Å². The predicted octanol–water partition coefficient (Wildman–Crippen LogP) is 0.622. The number of benzene rings is 1. The van der Waals surface area contributed by atoms with E-state index in [4.69, 9.17) is 0 Å². The van der Waals surface area contributed by atoms with E-state index >= 15 is 0 Å². The van der Waals surface area contributed by atoms with Crippen molar-refractivity contribution in [3.05, 3.63) is 30.1 Å². The van der Waals surface area contributed by atoms with Crippen LogP contribution < -0.4 is 15.5 Å². The summed E-state index contributed by atoms with van der Waals surface area (Å²) < 4.78 is 13.0. The summed E-state index contributed by atoms with van der Waals surface area (Å²) >= 11 is 0. The fourth-order valence-electron chi connectivity index (χ4n) is 2.94. The lowest BCUT2D eigenvalue weighted by atomic mass is 10.0. The van der Waals surface area contributed by atoms with E-state index in [2.05, 4.69) is 15.5 Å². The molecule has 25 heavy (non-hydrogen) atoms. The van der Waals surface area contributed by atoms with Crippen LogP contribution in [0.25, 0.3) is 0 Å². The minimum absolute atomic E-state index is 0. The molecule has 2 saturated heterocycles. The van der Waals surface area contributed by atoms with Gasteiger partial charge in [-0.25, -0.2) is 4.39 Å². The van der Waals surface area contributed by atoms with Crippen LogP contribution in [-0.4, -0.2) is 62.5 Å². The lowest BCUT2D eigenvalue weighted by molar-refractivity contribution is -0.131. The molecule has 0 bridgehead atoms. The average Bonchev–Trinajstić information content (AvgIpc) is 2.54. The van der Waals surface area contributed by atoms with Gasteiger partial charge in [-0.15, -0.1) is 12.4 Å². The van der Waals surface area contributed by atoms with Gasteiger partial charge >= 0.3 is 0 Å². The van der Waals surface area contributed by atoms with Crippen LogP contribution in [0, 0.1) is 11.7 Å². The first-order valence-corrected chi connectivity index (χ1v) is 8.40. The molecule has 2 aliphatic rings. The van der Waals surface area contributed by atoms with Gasteiger partial charge in [-0.1, -0.05) is 0 Å². The van der Waals surface area contributed by atoms with E-state index in [9.17, 15) is 14.0 Å². The average molecular weight is 371 g/mol. The van der Waals surface area contributed by atoms with Crippen molar-refractivity contribution in [2.75, 3.05) is 50.7 Å². The standard InChI is InChI=1S/C17H23FN4O2.ClH/c18-14-1-3-15(4-2-14)21-7-9-22(10-8-21)16(23)5-6-20-17(24)13-11-19-12-13;/h1-4,13,19H,5-12H2,(H,20,24);1H. The summed E-state index contributed by atoms with van der Waals surface area (Å²) in [6.45, 7) is 4.62. The quantitative estimate of drug-likeness (QED) is 0.797. The number of carbonyl (C=O) groups excluding carboxylic acids is 2. The molecule has 138 valence electrons. The lowest BCUT2D eigenvalue weighted by Crippen LogP contribution is -2.52. The number of rotatable bonds is 5. The lowest BCUT2D eigenvalue weighted by Gasteiger charge is -2.36. The van der Waals surface area contributed by atoms with E-state index in [-0.39, 0.29) is 36.0 Å². The van der Waals surface area contributed by atoms with Crippen molar-refractivity contribution in [3.8, 4) is 0 Å². The van der Waals surface area contributed by atoms with E-state index in [1.165, 1.54) is 12.1 Å². The summed E-state index contributed by atoms with van der Waals surface area (Å²) in [6.07, 6.45) is 0.336. The Labute approximate surface area is 153 Å². The van der Waals surface area contributed by atoms with Crippen molar-refractivity contribution in [1.29, 1.82) is 0 Å². The summed E-state index contributed by atoms with van der Waals surface area (Å²) in [4.78, 5) is 27.9. The first-order valence-electron chi connectivity index (χ1n) is 8.40. The highest BCUT2D eigenvalue weighted by molar-refractivity contribution is 5.85. The molecule has 8 heteroatoms. The molecule has 2 N–H and O–H groups in total. The predicted molar refractivity (Wildman–Crippen MR) is 96.4 cm³/mol. The highest BCUT2D eigenvalue weighted by Gasteiger charge is 2.25. The second-order valence-electron chi connectivity index (χ2n) is 6.24. The Morgan fingerprint density at radius 2 is 1.76 bits per heavy atom. The summed E-state index contributed by atoms with van der Waals surface area (Å²) in [5.74, 6) is -0.0879. The molecule has 6 nitrogen and oxygen atoms in total. The molecule has 0 atom stereocenters. The maximum atomic E-state index is 13.0. The zero-order valence-electron chi connectivity index (χ0n) is 14.0. The van der Waals surface area contributed by atoms with Gasteiger partial charge in [0.05, 0.1) is 5.92 Å². The SMILES string of the molecule is Cl.O=C(NCCC(=O)N1CCN(c2ccc(F)cc2)CC1)C1CNC1. The van der Waals surface area contributed by atoms with Gasteiger partial charge in [-0.05, 0) is 24.3 Å². The topological polar surface area (TPSA) is 64.7 Å². The van der Waals surface area contributed by atoms with Gasteiger partial charge in [0.2, 0.25) is 11.8 Å². The number of nitrogens with zero attached hydrogens (tertiary/aromatic N) is 2. The molecule has 1 aromatic rings. The number of anilines is 1. The third-order valence-corrected chi connectivity index (χ3v) is 4.61. The third kappa shape index (κ3) is 5.06. The Balaban J connectivity index is 0.00000225. The van der Waals surface area contributed by atoms with Crippen LogP contribution in [0.4, 0.5) is 10.1 Å². The van der Waals surface area contributed by atoms with Gasteiger partial charge < -0.3 is 20.4 Å². The summed E-state index contributed by atoms with van der Waals surface area (Å²) in [5.41, 5.74) is 0.977. The van der Waals surface area contributed by atoms with E-state index < -0.39 is 0 Å². The first-order chi connectivity index (χ1) is 11.6. The third-order valence-electron chi connectivity index (χ3n) is 4.61. The van der Waals surface area contributed by atoms with Gasteiger partial charge in [0.25, 0.3) is 0 Å². The minimum atomic E-state index is -0.243. The molecule has 1 aromatic carbocycles. The molecular formula is C17H24ClFN4O2. The van der Waals surface area contributed by atoms with Crippen LogP contribution in [-0.2, 0) is 9.59 Å². The molecule has 0 unspecified atom stereocenters. The summed E-state index contributed by atoms with van der Waals surface area (Å²) in [5, 5.41) is 5.87. The van der Waals surface area contributed by atoms with Crippen LogP contribution in [0.1, 0.15) is 6.42 Å². The highest BCUT2D eigenvalue weighted by Crippen LogP contribution is 2.17. The van der Waals surface area contributed by atoms with Crippen molar-refractivity contribution in [3.63, 3.8) is 0 Å². The fourth-order valence-corrected chi connectivity index (χ4v) is 2.94. The molecular weight excluding hydrogens is 347 g/mol. The van der Waals surface area contributed by atoms with Gasteiger partial charge in [0, 0.05) is 57.9 Å². The van der Waals surface area contributed by atoms with Crippen LogP contribution in [0.3, 0.4) is 0 Å². The number of halogens is 2. The van der Waals surface area contributed by atoms with E-state index in [0.717, 1.165) is 31.9 Å². The largest absolute Gasteiger partial charge is 0.368 e. The van der Waals surface area contributed by atoms with Gasteiger partial charge in [0.1, 0.15) is 5.82 Å². The van der Waals surface area contributed by atoms with Crippen molar-refractivity contribution >= 4 is 29.9 Å². The second kappa shape index (κ2) is 9.01. The molecule has 2 aliphatic heterocycles. The second-order valence-corrected chi connectivity index (χ2v) is 6.24.